The number of anilines is 1. The van der Waals surface area contributed by atoms with Gasteiger partial charge in [0.15, 0.2) is 5.69 Å². The van der Waals surface area contributed by atoms with E-state index >= 15 is 0 Å². The van der Waals surface area contributed by atoms with Crippen LogP contribution in [0, 0.1) is 0 Å². The molecule has 0 bridgehead atoms. The molecule has 0 aliphatic carbocycles. The molecule has 0 aliphatic heterocycles. The number of aromatic carboxylic acids is 1. The topological polar surface area (TPSA) is 88.0 Å². The molecule has 6 nitrogen and oxygen atoms in total. The number of nitrogens with zero attached hydrogens (tertiary/aromatic N) is 3. The van der Waals surface area contributed by atoms with E-state index in [4.69, 9.17) is 0 Å². The summed E-state index contributed by atoms with van der Waals surface area (Å²) < 4.78 is 0.585. The summed E-state index contributed by atoms with van der Waals surface area (Å²) in [5.74, 6) is -0.753. The minimum atomic E-state index is -1.05. The smallest absolute Gasteiger partial charge is 0.356 e. The predicted octanol–water partition coefficient (Wildman–Crippen LogP) is 2.96. The van der Waals surface area contributed by atoms with E-state index in [2.05, 4.69) is 20.3 Å². The highest BCUT2D eigenvalue weighted by Gasteiger charge is 2.16. The van der Waals surface area contributed by atoms with Gasteiger partial charge in [0.2, 0.25) is 5.95 Å². The maximum atomic E-state index is 11.3. The van der Waals surface area contributed by atoms with Crippen LogP contribution in [-0.4, -0.2) is 26.0 Å². The number of thiophene rings is 1. The lowest BCUT2D eigenvalue weighted by Gasteiger charge is -2.14. The van der Waals surface area contributed by atoms with E-state index in [1.54, 1.807) is 23.8 Å². The SMILES string of the molecule is C[C@H](Nc1nc(C(=O)O)c2sccc2n1)c1cccnc1. The van der Waals surface area contributed by atoms with Crippen LogP contribution in [0.15, 0.2) is 36.0 Å². The summed E-state index contributed by atoms with van der Waals surface area (Å²) in [7, 11) is 0. The summed E-state index contributed by atoms with van der Waals surface area (Å²) in [5.41, 5.74) is 1.63. The molecule has 3 aromatic heterocycles. The van der Waals surface area contributed by atoms with Gasteiger partial charge in [0, 0.05) is 12.4 Å². The summed E-state index contributed by atoms with van der Waals surface area (Å²) in [5, 5.41) is 14.2. The molecule has 0 saturated heterocycles. The van der Waals surface area contributed by atoms with Gasteiger partial charge in [-0.05, 0) is 30.0 Å². The maximum absolute atomic E-state index is 11.3. The molecular formula is C14H12N4O2S. The molecule has 0 radical (unpaired) electrons. The first-order valence-electron chi connectivity index (χ1n) is 6.30. The van der Waals surface area contributed by atoms with Crippen molar-refractivity contribution in [2.45, 2.75) is 13.0 Å². The van der Waals surface area contributed by atoms with Crippen LogP contribution in [0.5, 0.6) is 0 Å². The highest BCUT2D eigenvalue weighted by atomic mass is 32.1. The number of rotatable bonds is 4. The molecule has 0 amide bonds. The molecule has 1 atom stereocenters. The third-order valence-electron chi connectivity index (χ3n) is 3.04. The number of carbonyl (C=O) groups is 1. The van der Waals surface area contributed by atoms with Crippen LogP contribution >= 0.6 is 11.3 Å². The Morgan fingerprint density at radius 2 is 2.24 bits per heavy atom. The van der Waals surface area contributed by atoms with E-state index in [0.29, 0.717) is 16.2 Å². The minimum absolute atomic E-state index is 0.0240. The highest BCUT2D eigenvalue weighted by molar-refractivity contribution is 7.17. The Bertz CT molecular complexity index is 788. The van der Waals surface area contributed by atoms with E-state index in [1.165, 1.54) is 11.3 Å². The van der Waals surface area contributed by atoms with Crippen molar-refractivity contribution < 1.29 is 9.90 Å². The molecule has 0 fully saturated rings. The monoisotopic (exact) mass is 300 g/mol. The standard InChI is InChI=1S/C14H12N4O2S/c1-8(9-3-2-5-15-7-9)16-14-17-10-4-6-21-12(10)11(18-14)13(19)20/h2-8H,1H3,(H,19,20)(H,16,17,18)/t8-/m0/s1. The first kappa shape index (κ1) is 13.4. The second-order valence-electron chi connectivity index (χ2n) is 4.49. The van der Waals surface area contributed by atoms with Crippen molar-refractivity contribution in [1.82, 2.24) is 15.0 Å². The fourth-order valence-corrected chi connectivity index (χ4v) is 2.79. The number of hydrogen-bond donors (Lipinski definition) is 2. The van der Waals surface area contributed by atoms with Gasteiger partial charge in [-0.15, -0.1) is 11.3 Å². The third kappa shape index (κ3) is 2.68. The van der Waals surface area contributed by atoms with Crippen LogP contribution in [-0.2, 0) is 0 Å². The average molecular weight is 300 g/mol. The van der Waals surface area contributed by atoms with Gasteiger partial charge in [-0.25, -0.2) is 14.8 Å². The number of hydrogen-bond acceptors (Lipinski definition) is 6. The van der Waals surface area contributed by atoms with Crippen LogP contribution in [0.25, 0.3) is 10.2 Å². The van der Waals surface area contributed by atoms with Crippen LogP contribution < -0.4 is 5.32 Å². The second-order valence-corrected chi connectivity index (χ2v) is 5.40. The maximum Gasteiger partial charge on any atom is 0.356 e. The van der Waals surface area contributed by atoms with E-state index < -0.39 is 5.97 Å². The van der Waals surface area contributed by atoms with Crippen LogP contribution in [0.1, 0.15) is 29.0 Å². The lowest BCUT2D eigenvalue weighted by Crippen LogP contribution is -2.12. The van der Waals surface area contributed by atoms with Crippen molar-refractivity contribution in [3.8, 4) is 0 Å². The number of pyridine rings is 1. The lowest BCUT2D eigenvalue weighted by atomic mass is 10.1. The van der Waals surface area contributed by atoms with Gasteiger partial charge in [0.05, 0.1) is 16.3 Å². The summed E-state index contributed by atoms with van der Waals surface area (Å²) in [6.45, 7) is 1.94. The van der Waals surface area contributed by atoms with Crippen molar-refractivity contribution in [1.29, 1.82) is 0 Å². The molecule has 0 aliphatic rings. The number of aromatic nitrogens is 3. The Morgan fingerprint density at radius 1 is 1.38 bits per heavy atom. The Hall–Kier alpha value is -2.54. The molecule has 3 heterocycles. The van der Waals surface area contributed by atoms with E-state index in [1.807, 2.05) is 19.1 Å². The fourth-order valence-electron chi connectivity index (χ4n) is 1.98. The van der Waals surface area contributed by atoms with Crippen LogP contribution in [0.2, 0.25) is 0 Å². The molecule has 3 aromatic rings. The Morgan fingerprint density at radius 3 is 2.95 bits per heavy atom. The lowest BCUT2D eigenvalue weighted by molar-refractivity contribution is 0.0693. The molecule has 0 saturated carbocycles. The van der Waals surface area contributed by atoms with Gasteiger partial charge in [-0.1, -0.05) is 6.07 Å². The fraction of sp³-hybridized carbons (Fsp3) is 0.143. The van der Waals surface area contributed by atoms with Crippen molar-refractivity contribution >= 4 is 33.5 Å². The number of carboxylic acids is 1. The third-order valence-corrected chi connectivity index (χ3v) is 3.95. The zero-order valence-electron chi connectivity index (χ0n) is 11.1. The van der Waals surface area contributed by atoms with Crippen molar-refractivity contribution in [3.05, 3.63) is 47.2 Å². The molecular weight excluding hydrogens is 288 g/mol. The minimum Gasteiger partial charge on any atom is -0.476 e. The zero-order chi connectivity index (χ0) is 14.8. The molecule has 2 N–H and O–H groups in total. The Balaban J connectivity index is 1.95. The second kappa shape index (κ2) is 5.45. The first-order valence-corrected chi connectivity index (χ1v) is 7.18. The van der Waals surface area contributed by atoms with Gasteiger partial charge in [0.25, 0.3) is 0 Å². The largest absolute Gasteiger partial charge is 0.476 e. The Kier molecular flexibility index (Phi) is 3.49. The number of nitrogens with one attached hydrogen (secondary N) is 1. The van der Waals surface area contributed by atoms with Gasteiger partial charge in [-0.3, -0.25) is 4.98 Å². The molecule has 0 spiro atoms. The summed E-state index contributed by atoms with van der Waals surface area (Å²) in [6, 6.07) is 5.50. The van der Waals surface area contributed by atoms with Gasteiger partial charge < -0.3 is 10.4 Å². The molecule has 7 heteroatoms. The van der Waals surface area contributed by atoms with Gasteiger partial charge in [0.1, 0.15) is 0 Å². The zero-order valence-corrected chi connectivity index (χ0v) is 12.0. The van der Waals surface area contributed by atoms with Crippen molar-refractivity contribution in [3.63, 3.8) is 0 Å². The molecule has 0 aromatic carbocycles. The van der Waals surface area contributed by atoms with E-state index in [0.717, 1.165) is 5.56 Å². The average Bonchev–Trinajstić information content (AvgIpc) is 2.95. The van der Waals surface area contributed by atoms with Gasteiger partial charge >= 0.3 is 5.97 Å². The Labute approximate surface area is 124 Å². The first-order chi connectivity index (χ1) is 10.1. The predicted molar refractivity (Wildman–Crippen MR) is 80.6 cm³/mol. The quantitative estimate of drug-likeness (QED) is 0.770. The molecule has 106 valence electrons. The van der Waals surface area contributed by atoms with E-state index in [9.17, 15) is 9.90 Å². The summed E-state index contributed by atoms with van der Waals surface area (Å²) in [4.78, 5) is 23.8. The molecule has 21 heavy (non-hydrogen) atoms. The normalized spacial score (nSPS) is 12.2. The number of fused-ring (bicyclic) bond motifs is 1. The van der Waals surface area contributed by atoms with Crippen molar-refractivity contribution in [2.24, 2.45) is 0 Å². The van der Waals surface area contributed by atoms with E-state index in [-0.39, 0.29) is 11.7 Å². The summed E-state index contributed by atoms with van der Waals surface area (Å²) >= 11 is 1.32. The highest BCUT2D eigenvalue weighted by Crippen LogP contribution is 2.25. The molecule has 0 unspecified atom stereocenters. The van der Waals surface area contributed by atoms with Crippen molar-refractivity contribution in [2.75, 3.05) is 5.32 Å². The number of carboxylic acid groups (broad SMARTS) is 1. The molecule has 3 rings (SSSR count). The van der Waals surface area contributed by atoms with Crippen LogP contribution in [0.4, 0.5) is 5.95 Å². The van der Waals surface area contributed by atoms with Gasteiger partial charge in [-0.2, -0.15) is 0 Å². The summed E-state index contributed by atoms with van der Waals surface area (Å²) in [6.07, 6.45) is 3.45. The van der Waals surface area contributed by atoms with Crippen LogP contribution in [0.3, 0.4) is 0 Å².